The molecule has 1 unspecified atom stereocenters. The molecule has 2 heterocycles. The van der Waals surface area contributed by atoms with E-state index < -0.39 is 0 Å². The van der Waals surface area contributed by atoms with E-state index in [1.165, 1.54) is 6.34 Å². The van der Waals surface area contributed by atoms with E-state index >= 15 is 0 Å². The smallest absolute Gasteiger partial charge is 0.138 e. The average molecular weight is 215 g/mol. The monoisotopic (exact) mass is 214 g/mol. The zero-order valence-corrected chi connectivity index (χ0v) is 7.32. The van der Waals surface area contributed by atoms with E-state index in [9.17, 15) is 0 Å². The van der Waals surface area contributed by atoms with E-state index in [4.69, 9.17) is 5.73 Å². The van der Waals surface area contributed by atoms with Crippen molar-refractivity contribution >= 4 is 28.1 Å². The summed E-state index contributed by atoms with van der Waals surface area (Å²) in [4.78, 5) is 3.91. The summed E-state index contributed by atoms with van der Waals surface area (Å²) in [7, 11) is 0. The fourth-order valence-electron chi connectivity index (χ4n) is 1.17. The SMILES string of the molecule is NC1=NC=NN2C(Br)=CCC12. The van der Waals surface area contributed by atoms with Gasteiger partial charge in [-0.1, -0.05) is 0 Å². The molecule has 0 amide bonds. The Morgan fingerprint density at radius 2 is 2.55 bits per heavy atom. The number of aliphatic imine (C=N–C) groups is 1. The molecule has 0 bridgehead atoms. The molecule has 2 aliphatic heterocycles. The van der Waals surface area contributed by atoms with E-state index in [0.29, 0.717) is 5.84 Å². The van der Waals surface area contributed by atoms with Gasteiger partial charge >= 0.3 is 0 Å². The third-order valence-electron chi connectivity index (χ3n) is 1.75. The van der Waals surface area contributed by atoms with Crippen LogP contribution in [0.4, 0.5) is 0 Å². The van der Waals surface area contributed by atoms with Crippen LogP contribution in [0.3, 0.4) is 0 Å². The van der Waals surface area contributed by atoms with Gasteiger partial charge in [-0.15, -0.1) is 0 Å². The van der Waals surface area contributed by atoms with Crippen molar-refractivity contribution in [2.45, 2.75) is 12.5 Å². The van der Waals surface area contributed by atoms with Crippen molar-refractivity contribution in [3.05, 3.63) is 10.7 Å². The highest BCUT2D eigenvalue weighted by atomic mass is 79.9. The van der Waals surface area contributed by atoms with Gasteiger partial charge in [-0.05, 0) is 28.4 Å². The minimum Gasteiger partial charge on any atom is -0.385 e. The van der Waals surface area contributed by atoms with Crippen LogP contribution in [-0.2, 0) is 0 Å². The minimum absolute atomic E-state index is 0.134. The van der Waals surface area contributed by atoms with Gasteiger partial charge in [0.15, 0.2) is 0 Å². The molecule has 11 heavy (non-hydrogen) atoms. The highest BCUT2D eigenvalue weighted by Gasteiger charge is 2.28. The van der Waals surface area contributed by atoms with Gasteiger partial charge < -0.3 is 5.73 Å². The molecule has 0 aliphatic carbocycles. The first kappa shape index (κ1) is 6.84. The second-order valence-corrected chi connectivity index (χ2v) is 3.22. The summed E-state index contributed by atoms with van der Waals surface area (Å²) in [5.74, 6) is 0.630. The summed E-state index contributed by atoms with van der Waals surface area (Å²) in [5, 5.41) is 5.87. The molecular formula is C6H7BrN4. The molecular weight excluding hydrogens is 208 g/mol. The lowest BCUT2D eigenvalue weighted by Crippen LogP contribution is -2.39. The zero-order valence-electron chi connectivity index (χ0n) is 5.74. The summed E-state index contributed by atoms with van der Waals surface area (Å²) < 4.78 is 0.969. The zero-order chi connectivity index (χ0) is 7.84. The summed E-state index contributed by atoms with van der Waals surface area (Å²) in [6.45, 7) is 0. The maximum absolute atomic E-state index is 5.65. The molecule has 0 aromatic heterocycles. The van der Waals surface area contributed by atoms with Gasteiger partial charge in [0.2, 0.25) is 0 Å². The second-order valence-electron chi connectivity index (χ2n) is 2.41. The molecule has 1 atom stereocenters. The maximum atomic E-state index is 5.65. The van der Waals surface area contributed by atoms with Gasteiger partial charge in [-0.2, -0.15) is 5.10 Å². The van der Waals surface area contributed by atoms with E-state index in [2.05, 4.69) is 26.0 Å². The average Bonchev–Trinajstić information content (AvgIpc) is 2.35. The van der Waals surface area contributed by atoms with Crippen LogP contribution in [0.1, 0.15) is 6.42 Å². The van der Waals surface area contributed by atoms with Crippen molar-refractivity contribution in [3.8, 4) is 0 Å². The highest BCUT2D eigenvalue weighted by molar-refractivity contribution is 9.11. The lowest BCUT2D eigenvalue weighted by atomic mass is 10.2. The molecule has 0 saturated carbocycles. The van der Waals surface area contributed by atoms with Gasteiger partial charge in [-0.25, -0.2) is 10.0 Å². The van der Waals surface area contributed by atoms with Crippen molar-refractivity contribution < 1.29 is 0 Å². The van der Waals surface area contributed by atoms with Crippen LogP contribution in [0.5, 0.6) is 0 Å². The van der Waals surface area contributed by atoms with Crippen LogP contribution < -0.4 is 5.73 Å². The van der Waals surface area contributed by atoms with Gasteiger partial charge in [0.05, 0.1) is 4.61 Å². The summed E-state index contributed by atoms with van der Waals surface area (Å²) >= 11 is 3.37. The predicted molar refractivity (Wildman–Crippen MR) is 47.4 cm³/mol. The number of nitrogens with two attached hydrogens (primary N) is 1. The molecule has 5 heteroatoms. The Labute approximate surface area is 72.6 Å². The van der Waals surface area contributed by atoms with Crippen LogP contribution in [0.25, 0.3) is 0 Å². The number of amidine groups is 1. The number of hydrogen-bond donors (Lipinski definition) is 1. The van der Waals surface area contributed by atoms with E-state index in [-0.39, 0.29) is 6.04 Å². The predicted octanol–water partition coefficient (Wildman–Crippen LogP) is 0.611. The lowest BCUT2D eigenvalue weighted by molar-refractivity contribution is 0.370. The molecule has 4 nitrogen and oxygen atoms in total. The molecule has 0 radical (unpaired) electrons. The van der Waals surface area contributed by atoms with Gasteiger partial charge in [0.1, 0.15) is 18.2 Å². The third kappa shape index (κ3) is 0.956. The third-order valence-corrected chi connectivity index (χ3v) is 2.43. The molecule has 0 fully saturated rings. The maximum Gasteiger partial charge on any atom is 0.138 e. The fourth-order valence-corrected chi connectivity index (χ4v) is 1.69. The quantitative estimate of drug-likeness (QED) is 0.602. The van der Waals surface area contributed by atoms with Gasteiger partial charge in [0.25, 0.3) is 0 Å². The first-order valence-corrected chi connectivity index (χ1v) is 4.09. The van der Waals surface area contributed by atoms with Crippen molar-refractivity contribution in [2.24, 2.45) is 15.8 Å². The van der Waals surface area contributed by atoms with E-state index in [1.54, 1.807) is 0 Å². The Hall–Kier alpha value is -0.840. The lowest BCUT2D eigenvalue weighted by Gasteiger charge is -2.23. The van der Waals surface area contributed by atoms with Crippen LogP contribution in [0.2, 0.25) is 0 Å². The molecule has 0 spiro atoms. The molecule has 2 rings (SSSR count). The van der Waals surface area contributed by atoms with Crippen LogP contribution in [0.15, 0.2) is 20.8 Å². The van der Waals surface area contributed by atoms with Gasteiger partial charge in [-0.3, -0.25) is 0 Å². The molecule has 2 aliphatic rings. The summed E-state index contributed by atoms with van der Waals surface area (Å²) in [6, 6.07) is 0.134. The standard InChI is InChI=1S/C6H7BrN4/c7-5-2-1-4-6(8)9-3-10-11(4)5/h2-4H,1H2,(H2,8,9,10). The highest BCUT2D eigenvalue weighted by Crippen LogP contribution is 2.27. The number of fused-ring (bicyclic) bond motifs is 1. The molecule has 58 valence electrons. The Kier molecular flexibility index (Phi) is 1.45. The summed E-state index contributed by atoms with van der Waals surface area (Å²) in [5.41, 5.74) is 5.65. The van der Waals surface area contributed by atoms with Crippen LogP contribution in [0, 0.1) is 0 Å². The van der Waals surface area contributed by atoms with Crippen molar-refractivity contribution in [3.63, 3.8) is 0 Å². The Balaban J connectivity index is 2.30. The minimum atomic E-state index is 0.134. The summed E-state index contributed by atoms with van der Waals surface area (Å²) in [6.07, 6.45) is 4.38. The first-order valence-electron chi connectivity index (χ1n) is 3.29. The number of hydrogen-bond acceptors (Lipinski definition) is 4. The molecule has 2 N–H and O–H groups in total. The molecule has 0 aromatic rings. The fraction of sp³-hybridized carbons (Fsp3) is 0.333. The Bertz CT molecular complexity index is 268. The van der Waals surface area contributed by atoms with Crippen LogP contribution in [-0.4, -0.2) is 23.2 Å². The largest absolute Gasteiger partial charge is 0.385 e. The first-order chi connectivity index (χ1) is 5.29. The van der Waals surface area contributed by atoms with Gasteiger partial charge in [0, 0.05) is 0 Å². The number of nitrogens with zero attached hydrogens (tertiary/aromatic N) is 3. The number of hydrazone groups is 1. The topological polar surface area (TPSA) is 54.0 Å². The normalized spacial score (nSPS) is 28.1. The van der Waals surface area contributed by atoms with Crippen LogP contribution >= 0.6 is 15.9 Å². The van der Waals surface area contributed by atoms with E-state index in [1.807, 2.05) is 11.1 Å². The van der Waals surface area contributed by atoms with E-state index in [0.717, 1.165) is 11.0 Å². The second kappa shape index (κ2) is 2.34. The Morgan fingerprint density at radius 1 is 1.73 bits per heavy atom. The van der Waals surface area contributed by atoms with Crippen molar-refractivity contribution in [2.75, 3.05) is 0 Å². The number of rotatable bonds is 0. The Morgan fingerprint density at radius 3 is 3.27 bits per heavy atom. The van der Waals surface area contributed by atoms with Crippen molar-refractivity contribution in [1.82, 2.24) is 5.01 Å². The molecule has 0 saturated heterocycles. The molecule has 0 aromatic carbocycles. The van der Waals surface area contributed by atoms with Crippen molar-refractivity contribution in [1.29, 1.82) is 0 Å². The number of halogens is 1.